The van der Waals surface area contributed by atoms with Gasteiger partial charge in [-0.2, -0.15) is 0 Å². The van der Waals surface area contributed by atoms with Gasteiger partial charge in [-0.25, -0.2) is 4.98 Å². The van der Waals surface area contributed by atoms with Crippen molar-refractivity contribution in [2.45, 2.75) is 123 Å². The zero-order chi connectivity index (χ0) is 22.9. The second-order valence-corrected chi connectivity index (χ2v) is 10.0. The quantitative estimate of drug-likeness (QED) is 0.192. The van der Waals surface area contributed by atoms with Crippen molar-refractivity contribution in [2.75, 3.05) is 20.6 Å². The van der Waals surface area contributed by atoms with E-state index in [1.54, 1.807) is 0 Å². The average molecular weight is 442 g/mol. The number of unbranched alkanes of at least 4 members (excludes halogenated alkanes) is 14. The van der Waals surface area contributed by atoms with E-state index >= 15 is 0 Å². The average Bonchev–Trinajstić information content (AvgIpc) is 3.13. The summed E-state index contributed by atoms with van der Waals surface area (Å²) in [7, 11) is 4.31. The summed E-state index contributed by atoms with van der Waals surface area (Å²) in [4.78, 5) is 7.23. The normalized spacial score (nSPS) is 11.8. The summed E-state index contributed by atoms with van der Waals surface area (Å²) in [5, 5.41) is 0. The highest BCUT2D eigenvalue weighted by Crippen LogP contribution is 2.19. The highest BCUT2D eigenvalue weighted by atomic mass is 15.1. The Balaban J connectivity index is 1.53. The van der Waals surface area contributed by atoms with Gasteiger partial charge in [-0.05, 0) is 45.6 Å². The third-order valence-corrected chi connectivity index (χ3v) is 6.72. The van der Waals surface area contributed by atoms with Crippen LogP contribution in [0.4, 0.5) is 0 Å². The molecular weight excluding hydrogens is 390 g/mol. The monoisotopic (exact) mass is 441 g/mol. The lowest BCUT2D eigenvalue weighted by molar-refractivity contribution is 0.386. The molecule has 1 heterocycles. The maximum Gasteiger partial charge on any atom is 0.109 e. The van der Waals surface area contributed by atoms with E-state index in [4.69, 9.17) is 4.98 Å². The molecule has 0 aliphatic rings. The Labute approximate surface area is 199 Å². The fraction of sp³-hybridized carbons (Fsp3) is 0.759. The summed E-state index contributed by atoms with van der Waals surface area (Å²) in [5.41, 5.74) is 2.47. The van der Waals surface area contributed by atoms with E-state index in [1.807, 2.05) is 0 Å². The Hall–Kier alpha value is -1.35. The highest BCUT2D eigenvalue weighted by Gasteiger charge is 2.10. The number of aromatic nitrogens is 2. The molecule has 0 N–H and O–H groups in total. The minimum Gasteiger partial charge on any atom is -0.328 e. The Kier molecular flexibility index (Phi) is 14.4. The van der Waals surface area contributed by atoms with Gasteiger partial charge in [0.15, 0.2) is 0 Å². The van der Waals surface area contributed by atoms with E-state index in [9.17, 15) is 0 Å². The summed E-state index contributed by atoms with van der Waals surface area (Å²) in [5.74, 6) is 1.29. The van der Waals surface area contributed by atoms with Crippen LogP contribution in [0, 0.1) is 0 Å². The van der Waals surface area contributed by atoms with Gasteiger partial charge in [-0.3, -0.25) is 0 Å². The zero-order valence-electron chi connectivity index (χ0n) is 21.6. The van der Waals surface area contributed by atoms with Crippen LogP contribution in [0.5, 0.6) is 0 Å². The predicted octanol–water partition coefficient (Wildman–Crippen LogP) is 8.40. The van der Waals surface area contributed by atoms with Crippen molar-refractivity contribution in [1.29, 1.82) is 0 Å². The molecule has 182 valence electrons. The summed E-state index contributed by atoms with van der Waals surface area (Å²) in [6.45, 7) is 4.50. The van der Waals surface area contributed by atoms with Crippen LogP contribution in [0.15, 0.2) is 24.3 Å². The van der Waals surface area contributed by atoms with Gasteiger partial charge in [0.1, 0.15) is 5.82 Å². The maximum atomic E-state index is 4.96. The minimum absolute atomic E-state index is 1.08. The van der Waals surface area contributed by atoms with Crippen LogP contribution in [-0.4, -0.2) is 35.1 Å². The van der Waals surface area contributed by atoms with E-state index in [0.29, 0.717) is 0 Å². The van der Waals surface area contributed by atoms with Gasteiger partial charge in [-0.15, -0.1) is 0 Å². The van der Waals surface area contributed by atoms with Gasteiger partial charge in [0, 0.05) is 13.0 Å². The summed E-state index contributed by atoms with van der Waals surface area (Å²) >= 11 is 0. The molecule has 0 bridgehead atoms. The first-order chi connectivity index (χ1) is 15.7. The summed E-state index contributed by atoms with van der Waals surface area (Å²) in [6.07, 6.45) is 23.6. The van der Waals surface area contributed by atoms with Crippen LogP contribution in [0.1, 0.15) is 115 Å². The standard InChI is InChI=1S/C29H51N3/c1-4-5-6-7-8-9-10-11-12-13-14-15-16-17-18-24-29-30-27-22-19-20-23-28(27)32(29)26-21-25-31(2)3/h19-20,22-23H,4-18,21,24-26H2,1-3H3. The molecule has 1 aromatic heterocycles. The fourth-order valence-electron chi connectivity index (χ4n) is 4.77. The topological polar surface area (TPSA) is 21.1 Å². The smallest absolute Gasteiger partial charge is 0.109 e. The molecular formula is C29H51N3. The van der Waals surface area contributed by atoms with Gasteiger partial charge < -0.3 is 9.47 Å². The first-order valence-electron chi connectivity index (χ1n) is 13.8. The second kappa shape index (κ2) is 17.2. The van der Waals surface area contributed by atoms with Crippen LogP contribution < -0.4 is 0 Å². The molecule has 0 aliphatic heterocycles. The fourth-order valence-corrected chi connectivity index (χ4v) is 4.77. The van der Waals surface area contributed by atoms with Crippen LogP contribution in [0.25, 0.3) is 11.0 Å². The number of imidazole rings is 1. The van der Waals surface area contributed by atoms with E-state index in [2.05, 4.69) is 54.8 Å². The van der Waals surface area contributed by atoms with Crippen molar-refractivity contribution < 1.29 is 0 Å². The molecule has 0 radical (unpaired) electrons. The van der Waals surface area contributed by atoms with E-state index in [-0.39, 0.29) is 0 Å². The van der Waals surface area contributed by atoms with Crippen LogP contribution in [-0.2, 0) is 13.0 Å². The lowest BCUT2D eigenvalue weighted by Gasteiger charge is -2.12. The molecule has 0 amide bonds. The Bertz CT molecular complexity index is 703. The Morgan fingerprint density at radius 3 is 1.78 bits per heavy atom. The summed E-state index contributed by atoms with van der Waals surface area (Å²) < 4.78 is 2.47. The van der Waals surface area contributed by atoms with Crippen molar-refractivity contribution in [2.24, 2.45) is 0 Å². The summed E-state index contributed by atoms with van der Waals surface area (Å²) in [6, 6.07) is 8.64. The molecule has 0 saturated carbocycles. The number of fused-ring (bicyclic) bond motifs is 1. The number of nitrogens with zero attached hydrogens (tertiary/aromatic N) is 3. The number of benzene rings is 1. The largest absolute Gasteiger partial charge is 0.328 e. The van der Waals surface area contributed by atoms with Crippen molar-refractivity contribution >= 4 is 11.0 Å². The molecule has 0 saturated heterocycles. The molecule has 3 heteroatoms. The molecule has 32 heavy (non-hydrogen) atoms. The third-order valence-electron chi connectivity index (χ3n) is 6.72. The van der Waals surface area contributed by atoms with Gasteiger partial charge >= 0.3 is 0 Å². The molecule has 0 unspecified atom stereocenters. The molecule has 3 nitrogen and oxygen atoms in total. The molecule has 2 aromatic rings. The van der Waals surface area contributed by atoms with Crippen LogP contribution in [0.2, 0.25) is 0 Å². The SMILES string of the molecule is CCCCCCCCCCCCCCCCCc1nc2ccccc2n1CCCN(C)C. The van der Waals surface area contributed by atoms with Crippen LogP contribution in [0.3, 0.4) is 0 Å². The lowest BCUT2D eigenvalue weighted by atomic mass is 10.0. The molecule has 0 aliphatic carbocycles. The second-order valence-electron chi connectivity index (χ2n) is 10.0. The van der Waals surface area contributed by atoms with E-state index in [1.165, 1.54) is 114 Å². The van der Waals surface area contributed by atoms with Gasteiger partial charge in [-0.1, -0.05) is 109 Å². The van der Waals surface area contributed by atoms with Gasteiger partial charge in [0.25, 0.3) is 0 Å². The molecule has 1 aromatic carbocycles. The molecule has 2 rings (SSSR count). The number of hydrogen-bond acceptors (Lipinski definition) is 2. The van der Waals surface area contributed by atoms with Gasteiger partial charge in [0.2, 0.25) is 0 Å². The highest BCUT2D eigenvalue weighted by molar-refractivity contribution is 5.75. The molecule has 0 atom stereocenters. The predicted molar refractivity (Wildman–Crippen MR) is 142 cm³/mol. The van der Waals surface area contributed by atoms with Gasteiger partial charge in [0.05, 0.1) is 11.0 Å². The number of aryl methyl sites for hydroxylation is 2. The van der Waals surface area contributed by atoms with Crippen LogP contribution >= 0.6 is 0 Å². The number of hydrogen-bond donors (Lipinski definition) is 0. The van der Waals surface area contributed by atoms with Crippen molar-refractivity contribution in [3.8, 4) is 0 Å². The molecule has 0 fully saturated rings. The number of rotatable bonds is 20. The number of para-hydroxylation sites is 2. The Morgan fingerprint density at radius 2 is 1.22 bits per heavy atom. The van der Waals surface area contributed by atoms with Crippen molar-refractivity contribution in [3.05, 3.63) is 30.1 Å². The first kappa shape index (κ1) is 26.9. The lowest BCUT2D eigenvalue weighted by Crippen LogP contribution is -2.16. The van der Waals surface area contributed by atoms with Crippen molar-refractivity contribution in [3.63, 3.8) is 0 Å². The Morgan fingerprint density at radius 1 is 0.688 bits per heavy atom. The van der Waals surface area contributed by atoms with E-state index < -0.39 is 0 Å². The third kappa shape index (κ3) is 11.0. The maximum absolute atomic E-state index is 4.96. The minimum atomic E-state index is 1.08. The zero-order valence-corrected chi connectivity index (χ0v) is 21.6. The first-order valence-corrected chi connectivity index (χ1v) is 13.8. The van der Waals surface area contributed by atoms with E-state index in [0.717, 1.165) is 25.0 Å². The van der Waals surface area contributed by atoms with Crippen molar-refractivity contribution in [1.82, 2.24) is 14.5 Å². The molecule has 0 spiro atoms.